The van der Waals surface area contributed by atoms with Crippen molar-refractivity contribution in [1.29, 1.82) is 0 Å². The predicted octanol–water partition coefficient (Wildman–Crippen LogP) is 16.0. The van der Waals surface area contributed by atoms with Gasteiger partial charge in [-0.15, -0.1) is 0 Å². The highest BCUT2D eigenvalue weighted by Gasteiger charge is 2.21. The fourth-order valence-electron chi connectivity index (χ4n) is 8.78. The minimum atomic E-state index is 0.903. The number of furan rings is 1. The lowest BCUT2D eigenvalue weighted by Gasteiger charge is -2.29. The zero-order chi connectivity index (χ0) is 38.4. The number of nitrogens with zero attached hydrogens (tertiary/aromatic N) is 1. The summed E-state index contributed by atoms with van der Waals surface area (Å²) in [5, 5.41) is 7.20. The van der Waals surface area contributed by atoms with E-state index < -0.39 is 0 Å². The van der Waals surface area contributed by atoms with Crippen LogP contribution in [-0.4, -0.2) is 0 Å². The van der Waals surface area contributed by atoms with E-state index in [0.29, 0.717) is 0 Å². The van der Waals surface area contributed by atoms with E-state index in [4.69, 9.17) is 4.42 Å². The van der Waals surface area contributed by atoms with E-state index in [0.717, 1.165) is 55.7 Å². The zero-order valence-electron chi connectivity index (χ0n) is 31.7. The minimum absolute atomic E-state index is 0.903. The molecule has 0 atom stereocenters. The fourth-order valence-corrected chi connectivity index (χ4v) is 8.78. The molecule has 0 radical (unpaired) electrons. The molecule has 0 N–H and O–H groups in total. The van der Waals surface area contributed by atoms with Crippen LogP contribution >= 0.6 is 0 Å². The van der Waals surface area contributed by atoms with Crippen molar-refractivity contribution >= 4 is 60.5 Å². The van der Waals surface area contributed by atoms with Gasteiger partial charge in [0.15, 0.2) is 0 Å². The molecule has 2 heteroatoms. The van der Waals surface area contributed by atoms with Gasteiger partial charge in [0, 0.05) is 33.3 Å². The monoisotopic (exact) mass is 739 g/mol. The summed E-state index contributed by atoms with van der Waals surface area (Å²) in [5.41, 5.74) is 14.4. The number of fused-ring (bicyclic) bond motifs is 5. The van der Waals surface area contributed by atoms with Crippen molar-refractivity contribution in [3.8, 4) is 44.5 Å². The van der Waals surface area contributed by atoms with Gasteiger partial charge in [0.2, 0.25) is 0 Å². The summed E-state index contributed by atoms with van der Waals surface area (Å²) >= 11 is 0. The van der Waals surface area contributed by atoms with Crippen LogP contribution in [0.15, 0.2) is 229 Å². The van der Waals surface area contributed by atoms with Crippen molar-refractivity contribution in [2.45, 2.75) is 0 Å². The normalized spacial score (nSPS) is 11.4. The third kappa shape index (κ3) is 5.74. The van der Waals surface area contributed by atoms with Crippen LogP contribution in [0.1, 0.15) is 0 Å². The van der Waals surface area contributed by atoms with Gasteiger partial charge in [0.25, 0.3) is 0 Å². The van der Waals surface area contributed by atoms with Crippen LogP contribution in [0.25, 0.3) is 88.0 Å². The molecule has 0 saturated carbocycles. The van der Waals surface area contributed by atoms with Crippen molar-refractivity contribution in [1.82, 2.24) is 0 Å². The number of hydrogen-bond donors (Lipinski definition) is 0. The lowest BCUT2D eigenvalue weighted by molar-refractivity contribution is 0.670. The van der Waals surface area contributed by atoms with Crippen LogP contribution in [0, 0.1) is 0 Å². The van der Waals surface area contributed by atoms with Gasteiger partial charge < -0.3 is 9.32 Å². The quantitative estimate of drug-likeness (QED) is 0.162. The summed E-state index contributed by atoms with van der Waals surface area (Å²) in [6.45, 7) is 0. The maximum absolute atomic E-state index is 6.46. The first-order valence-electron chi connectivity index (χ1n) is 19.8. The molecule has 272 valence electrons. The van der Waals surface area contributed by atoms with Gasteiger partial charge in [0.05, 0.1) is 5.69 Å². The molecule has 0 aliphatic rings. The molecule has 10 aromatic carbocycles. The molecular weight excluding hydrogens is 703 g/mol. The van der Waals surface area contributed by atoms with Gasteiger partial charge >= 0.3 is 0 Å². The zero-order valence-corrected chi connectivity index (χ0v) is 31.7. The highest BCUT2D eigenvalue weighted by molar-refractivity contribution is 6.10. The number of benzene rings is 10. The second-order valence-electron chi connectivity index (χ2n) is 14.8. The molecule has 58 heavy (non-hydrogen) atoms. The van der Waals surface area contributed by atoms with Crippen LogP contribution in [-0.2, 0) is 0 Å². The minimum Gasteiger partial charge on any atom is -0.455 e. The Kier molecular flexibility index (Phi) is 8.19. The Morgan fingerprint density at radius 1 is 0.293 bits per heavy atom. The Labute approximate surface area is 337 Å². The molecule has 0 spiro atoms. The van der Waals surface area contributed by atoms with Gasteiger partial charge in [-0.1, -0.05) is 188 Å². The summed E-state index contributed by atoms with van der Waals surface area (Å²) in [4.78, 5) is 2.40. The van der Waals surface area contributed by atoms with Crippen LogP contribution in [0.2, 0.25) is 0 Å². The first kappa shape index (κ1) is 33.6. The molecule has 11 aromatic rings. The highest BCUT2D eigenvalue weighted by Crippen LogP contribution is 2.46. The Morgan fingerprint density at radius 2 is 0.793 bits per heavy atom. The second kappa shape index (κ2) is 14.1. The van der Waals surface area contributed by atoms with E-state index in [-0.39, 0.29) is 0 Å². The van der Waals surface area contributed by atoms with Crippen molar-refractivity contribution in [2.24, 2.45) is 0 Å². The molecule has 0 bridgehead atoms. The molecule has 0 aliphatic heterocycles. The van der Waals surface area contributed by atoms with E-state index >= 15 is 0 Å². The molecule has 1 heterocycles. The van der Waals surface area contributed by atoms with Gasteiger partial charge in [-0.25, -0.2) is 0 Å². The topological polar surface area (TPSA) is 16.4 Å². The van der Waals surface area contributed by atoms with Crippen LogP contribution in [0.3, 0.4) is 0 Å². The van der Waals surface area contributed by atoms with E-state index in [2.05, 4.69) is 217 Å². The van der Waals surface area contributed by atoms with Gasteiger partial charge in [-0.2, -0.15) is 0 Å². The Hall–Kier alpha value is -7.68. The summed E-state index contributed by atoms with van der Waals surface area (Å²) in [6, 6.07) is 80.7. The standard InChI is InChI=1S/C56H37NO/c1-2-14-39(15-3-1)47-24-11-18-42-19-12-26-51(55(42)47)49-21-6-8-28-53(49)57(43-34-30-40(31-35-43)46-23-10-17-38-16-4-5-20-45(38)46)44-36-32-41(33-37-44)48-25-13-27-52-50-22-7-9-29-54(50)58-56(48)52/h1-37H. The predicted molar refractivity (Wildman–Crippen MR) is 245 cm³/mol. The fraction of sp³-hybridized carbons (Fsp3) is 0. The largest absolute Gasteiger partial charge is 0.455 e. The Morgan fingerprint density at radius 3 is 1.57 bits per heavy atom. The SMILES string of the molecule is c1ccc(-c2cccc3cccc(-c4ccccc4N(c4ccc(-c5cccc6ccccc56)cc4)c4ccc(-c5cccc6c5oc5ccccc56)cc4)c23)cc1. The molecule has 0 fully saturated rings. The second-order valence-corrected chi connectivity index (χ2v) is 14.8. The number of rotatable bonds is 7. The van der Waals surface area contributed by atoms with Crippen LogP contribution in [0.4, 0.5) is 17.1 Å². The summed E-state index contributed by atoms with van der Waals surface area (Å²) in [7, 11) is 0. The van der Waals surface area contributed by atoms with Gasteiger partial charge in [-0.3, -0.25) is 0 Å². The Balaban J connectivity index is 1.09. The van der Waals surface area contributed by atoms with Crippen molar-refractivity contribution in [3.05, 3.63) is 224 Å². The van der Waals surface area contributed by atoms with Gasteiger partial charge in [-0.05, 0) is 91.3 Å². The van der Waals surface area contributed by atoms with Gasteiger partial charge in [0.1, 0.15) is 11.2 Å². The Bertz CT molecular complexity index is 3260. The molecule has 2 nitrogen and oxygen atoms in total. The first-order chi connectivity index (χ1) is 28.8. The van der Waals surface area contributed by atoms with Crippen molar-refractivity contribution < 1.29 is 4.42 Å². The molecule has 0 aliphatic carbocycles. The third-order valence-corrected chi connectivity index (χ3v) is 11.5. The van der Waals surface area contributed by atoms with Crippen LogP contribution < -0.4 is 4.90 Å². The molecule has 0 saturated heterocycles. The smallest absolute Gasteiger partial charge is 0.143 e. The van der Waals surface area contributed by atoms with E-state index in [9.17, 15) is 0 Å². The average Bonchev–Trinajstić information content (AvgIpc) is 3.69. The summed E-state index contributed by atoms with van der Waals surface area (Å²) in [5.74, 6) is 0. The lowest BCUT2D eigenvalue weighted by atomic mass is 9.90. The molecule has 1 aromatic heterocycles. The summed E-state index contributed by atoms with van der Waals surface area (Å²) in [6.07, 6.45) is 0. The van der Waals surface area contributed by atoms with E-state index in [1.54, 1.807) is 0 Å². The number of para-hydroxylation sites is 3. The molecular formula is C56H37NO. The molecule has 0 amide bonds. The first-order valence-corrected chi connectivity index (χ1v) is 19.8. The van der Waals surface area contributed by atoms with Crippen LogP contribution in [0.5, 0.6) is 0 Å². The third-order valence-electron chi connectivity index (χ3n) is 11.5. The number of hydrogen-bond acceptors (Lipinski definition) is 2. The highest BCUT2D eigenvalue weighted by atomic mass is 16.3. The van der Waals surface area contributed by atoms with E-state index in [1.807, 2.05) is 12.1 Å². The summed E-state index contributed by atoms with van der Waals surface area (Å²) < 4.78 is 6.46. The van der Waals surface area contributed by atoms with Crippen molar-refractivity contribution in [2.75, 3.05) is 4.90 Å². The van der Waals surface area contributed by atoms with Crippen molar-refractivity contribution in [3.63, 3.8) is 0 Å². The maximum Gasteiger partial charge on any atom is 0.143 e. The maximum atomic E-state index is 6.46. The van der Waals surface area contributed by atoms with E-state index in [1.165, 1.54) is 49.4 Å². The molecule has 0 unspecified atom stereocenters. The number of anilines is 3. The molecule has 11 rings (SSSR count). The lowest BCUT2D eigenvalue weighted by Crippen LogP contribution is -2.11. The average molecular weight is 740 g/mol.